The molecule has 3 aromatic carbocycles. The summed E-state index contributed by atoms with van der Waals surface area (Å²) in [7, 11) is 0. The first-order valence-corrected chi connectivity index (χ1v) is 12.9. The van der Waals surface area contributed by atoms with Gasteiger partial charge in [0.25, 0.3) is 5.56 Å². The van der Waals surface area contributed by atoms with Crippen molar-refractivity contribution in [3.63, 3.8) is 0 Å². The number of hydrogen-bond donors (Lipinski definition) is 2. The van der Waals surface area contributed by atoms with E-state index < -0.39 is 47.5 Å². The summed E-state index contributed by atoms with van der Waals surface area (Å²) < 4.78 is 55.6. The molecule has 5 aromatic rings. The van der Waals surface area contributed by atoms with Crippen LogP contribution in [0.1, 0.15) is 17.2 Å². The predicted molar refractivity (Wildman–Crippen MR) is 158 cm³/mol. The lowest BCUT2D eigenvalue weighted by atomic mass is 10.1. The molecule has 226 valence electrons. The van der Waals surface area contributed by atoms with Crippen LogP contribution in [0, 0.1) is 5.82 Å². The van der Waals surface area contributed by atoms with Crippen LogP contribution in [0.25, 0.3) is 22.6 Å². The number of nitrogens with zero attached hydrogens (tertiary/aromatic N) is 3. The number of halogens is 5. The first-order valence-electron chi connectivity index (χ1n) is 12.9. The van der Waals surface area contributed by atoms with Crippen molar-refractivity contribution in [2.45, 2.75) is 18.8 Å². The molecule has 0 aliphatic rings. The maximum Gasteiger partial charge on any atom is 0.416 e. The van der Waals surface area contributed by atoms with Crippen LogP contribution in [0.2, 0.25) is 0 Å². The van der Waals surface area contributed by atoms with Crippen molar-refractivity contribution in [3.05, 3.63) is 130 Å². The van der Waals surface area contributed by atoms with Crippen molar-refractivity contribution < 1.29 is 27.2 Å². The van der Waals surface area contributed by atoms with E-state index in [9.17, 15) is 31.9 Å². The molecule has 2 heterocycles. The summed E-state index contributed by atoms with van der Waals surface area (Å²) in [6, 6.07) is 22.8. The molecule has 0 saturated carbocycles. The topological polar surface area (TPSA) is 112 Å². The largest absolute Gasteiger partial charge is 0.416 e. The summed E-state index contributed by atoms with van der Waals surface area (Å²) in [5.41, 5.74) is 5.99. The van der Waals surface area contributed by atoms with Gasteiger partial charge in [-0.3, -0.25) is 19.0 Å². The number of hydrogen-bond acceptors (Lipinski definition) is 4. The summed E-state index contributed by atoms with van der Waals surface area (Å²) in [6.45, 7) is -0.575. The lowest BCUT2D eigenvalue weighted by molar-refractivity contribution is -0.137. The Hall–Kier alpha value is -5.23. The Morgan fingerprint density at radius 3 is 2.20 bits per heavy atom. The van der Waals surface area contributed by atoms with Crippen molar-refractivity contribution in [2.75, 3.05) is 5.32 Å². The fourth-order valence-corrected chi connectivity index (χ4v) is 4.63. The molecule has 3 N–H and O–H groups in total. The normalized spacial score (nSPS) is 11.8. The molecule has 1 atom stereocenters. The number of alkyl halides is 3. The lowest BCUT2D eigenvalue weighted by Crippen LogP contribution is -2.31. The number of carbonyl (C=O) groups is 2. The molecule has 13 heteroatoms. The van der Waals surface area contributed by atoms with Crippen LogP contribution in [-0.2, 0) is 22.3 Å². The fourth-order valence-electron chi connectivity index (χ4n) is 4.63. The number of pyridine rings is 1. The summed E-state index contributed by atoms with van der Waals surface area (Å²) >= 11 is 0. The molecule has 0 spiro atoms. The van der Waals surface area contributed by atoms with Gasteiger partial charge in [0.2, 0.25) is 11.8 Å². The molecular formula is C31H24ClF4N5O3. The van der Waals surface area contributed by atoms with E-state index in [4.69, 9.17) is 5.73 Å². The van der Waals surface area contributed by atoms with Crippen LogP contribution in [0.5, 0.6) is 0 Å². The van der Waals surface area contributed by atoms with Crippen molar-refractivity contribution in [1.29, 1.82) is 0 Å². The minimum atomic E-state index is -4.61. The third kappa shape index (κ3) is 6.87. The number of anilines is 1. The lowest BCUT2D eigenvalue weighted by Gasteiger charge is -2.19. The number of nitrogens with one attached hydrogen (secondary N) is 1. The second kappa shape index (κ2) is 13.0. The minimum Gasteiger partial charge on any atom is -0.368 e. The Bertz CT molecular complexity index is 1860. The maximum absolute atomic E-state index is 13.7. The number of rotatable bonds is 8. The van der Waals surface area contributed by atoms with Crippen LogP contribution >= 0.6 is 12.4 Å². The molecule has 2 amide bonds. The van der Waals surface area contributed by atoms with E-state index in [-0.39, 0.29) is 29.5 Å². The van der Waals surface area contributed by atoms with E-state index in [2.05, 4.69) is 10.4 Å². The number of primary amides is 1. The average Bonchev–Trinajstić information content (AvgIpc) is 3.40. The molecule has 0 radical (unpaired) electrons. The van der Waals surface area contributed by atoms with Gasteiger partial charge in [0, 0.05) is 17.3 Å². The van der Waals surface area contributed by atoms with Gasteiger partial charge in [-0.1, -0.05) is 54.6 Å². The van der Waals surface area contributed by atoms with E-state index in [1.165, 1.54) is 53.2 Å². The summed E-state index contributed by atoms with van der Waals surface area (Å²) in [5, 5.41) is 7.02. The van der Waals surface area contributed by atoms with Gasteiger partial charge in [-0.05, 0) is 48.0 Å². The Balaban J connectivity index is 0.00000442. The van der Waals surface area contributed by atoms with E-state index in [0.717, 1.165) is 22.8 Å². The monoisotopic (exact) mass is 625 g/mol. The van der Waals surface area contributed by atoms with Crippen molar-refractivity contribution in [3.8, 4) is 22.6 Å². The van der Waals surface area contributed by atoms with Gasteiger partial charge < -0.3 is 11.1 Å². The Kier molecular flexibility index (Phi) is 9.34. The summed E-state index contributed by atoms with van der Waals surface area (Å²) in [4.78, 5) is 38.9. The molecule has 44 heavy (non-hydrogen) atoms. The van der Waals surface area contributed by atoms with E-state index in [1.54, 1.807) is 30.3 Å². The molecule has 0 bridgehead atoms. The Morgan fingerprint density at radius 1 is 0.864 bits per heavy atom. The zero-order chi connectivity index (χ0) is 30.7. The number of aromatic nitrogens is 3. The van der Waals surface area contributed by atoms with Gasteiger partial charge in [0.05, 0.1) is 22.6 Å². The Morgan fingerprint density at radius 2 is 1.55 bits per heavy atom. The van der Waals surface area contributed by atoms with Crippen LogP contribution in [0.3, 0.4) is 0 Å². The Labute approximate surface area is 254 Å². The molecule has 5 rings (SSSR count). The molecule has 0 saturated heterocycles. The summed E-state index contributed by atoms with van der Waals surface area (Å²) in [5.74, 6) is -2.11. The van der Waals surface area contributed by atoms with E-state index in [0.29, 0.717) is 16.8 Å². The molecular weight excluding hydrogens is 602 g/mol. The van der Waals surface area contributed by atoms with Crippen LogP contribution in [0.15, 0.2) is 108 Å². The van der Waals surface area contributed by atoms with Gasteiger partial charge in [-0.15, -0.1) is 12.4 Å². The zero-order valence-corrected chi connectivity index (χ0v) is 23.5. The van der Waals surface area contributed by atoms with E-state index >= 15 is 0 Å². The number of nitrogens with two attached hydrogens (primary N) is 1. The first-order chi connectivity index (χ1) is 20.5. The number of carbonyl (C=O) groups excluding carboxylic acids is 2. The smallest absolute Gasteiger partial charge is 0.368 e. The highest BCUT2D eigenvalue weighted by Gasteiger charge is 2.31. The van der Waals surface area contributed by atoms with Gasteiger partial charge in [-0.25, -0.2) is 9.07 Å². The standard InChI is InChI=1S/C31H23F4N5O3.ClH/c32-22-14-12-20(13-15-22)29(30(36)43)40-26(17-24(38-40)19-6-2-1-3-7-19)25-10-5-11-28(42)39(25)18-27(41)37-23-9-4-8-21(16-23)31(33,34)35;/h1-17,29H,18H2,(H2,36,43)(H,37,41);1H. The highest BCUT2D eigenvalue weighted by atomic mass is 35.5. The minimum absolute atomic E-state index is 0. The van der Waals surface area contributed by atoms with Gasteiger partial charge in [0.15, 0.2) is 6.04 Å². The van der Waals surface area contributed by atoms with Crippen LogP contribution in [-0.4, -0.2) is 26.2 Å². The molecule has 1 unspecified atom stereocenters. The zero-order valence-electron chi connectivity index (χ0n) is 22.7. The number of amides is 2. The predicted octanol–water partition coefficient (Wildman–Crippen LogP) is 5.67. The number of benzene rings is 3. The third-order valence-corrected chi connectivity index (χ3v) is 6.59. The van der Waals surface area contributed by atoms with Crippen molar-refractivity contribution in [2.24, 2.45) is 5.73 Å². The second-order valence-corrected chi connectivity index (χ2v) is 9.54. The molecule has 0 aliphatic heterocycles. The van der Waals surface area contributed by atoms with Crippen molar-refractivity contribution in [1.82, 2.24) is 14.3 Å². The fraction of sp³-hybridized carbons (Fsp3) is 0.0968. The highest BCUT2D eigenvalue weighted by Crippen LogP contribution is 2.32. The first kappa shape index (κ1) is 31.7. The molecule has 0 aliphatic carbocycles. The quantitative estimate of drug-likeness (QED) is 0.216. The van der Waals surface area contributed by atoms with Crippen LogP contribution in [0.4, 0.5) is 23.2 Å². The van der Waals surface area contributed by atoms with E-state index in [1.807, 2.05) is 6.07 Å². The van der Waals surface area contributed by atoms with Gasteiger partial charge in [-0.2, -0.15) is 18.3 Å². The highest BCUT2D eigenvalue weighted by molar-refractivity contribution is 5.91. The SMILES string of the molecule is Cl.NC(=O)C(c1ccc(F)cc1)n1nc(-c2ccccc2)cc1-c1cccc(=O)n1CC(=O)Nc1cccc(C(F)(F)F)c1. The van der Waals surface area contributed by atoms with Gasteiger partial charge >= 0.3 is 6.18 Å². The third-order valence-electron chi connectivity index (χ3n) is 6.59. The van der Waals surface area contributed by atoms with Gasteiger partial charge in [0.1, 0.15) is 12.4 Å². The molecule has 2 aromatic heterocycles. The maximum atomic E-state index is 13.7. The average molecular weight is 626 g/mol. The molecule has 0 fully saturated rings. The second-order valence-electron chi connectivity index (χ2n) is 9.54. The summed E-state index contributed by atoms with van der Waals surface area (Å²) in [6.07, 6.45) is -4.61. The molecule has 8 nitrogen and oxygen atoms in total. The van der Waals surface area contributed by atoms with Crippen molar-refractivity contribution >= 4 is 29.9 Å². The van der Waals surface area contributed by atoms with Crippen LogP contribution < -0.4 is 16.6 Å².